The summed E-state index contributed by atoms with van der Waals surface area (Å²) in [5.74, 6) is -0.0151. The maximum Gasteiger partial charge on any atom is 0.225 e. The van der Waals surface area contributed by atoms with E-state index >= 15 is 0 Å². The van der Waals surface area contributed by atoms with Gasteiger partial charge in [0.25, 0.3) is 0 Å². The molecule has 102 valence electrons. The lowest BCUT2D eigenvalue weighted by Crippen LogP contribution is -2.28. The predicted octanol–water partition coefficient (Wildman–Crippen LogP) is 1.44. The van der Waals surface area contributed by atoms with Crippen LogP contribution in [0.2, 0.25) is 0 Å². The molecule has 0 aliphatic rings. The number of H-pyrrole nitrogens is 1. The number of carbonyl (C=O) groups excluding carboxylic acids is 1. The predicted molar refractivity (Wildman–Crippen MR) is 73.6 cm³/mol. The first-order valence-electron chi connectivity index (χ1n) is 5.65. The highest BCUT2D eigenvalue weighted by atomic mass is 32.1. The fraction of sp³-hybridized carbons (Fsp3) is 0.636. The van der Waals surface area contributed by atoms with Gasteiger partial charge in [0.05, 0.1) is 26.2 Å². The summed E-state index contributed by atoms with van der Waals surface area (Å²) in [5.41, 5.74) is 0.969. The maximum atomic E-state index is 11.6. The van der Waals surface area contributed by atoms with Crippen molar-refractivity contribution in [2.75, 3.05) is 33.5 Å². The molecule has 1 heterocycles. The van der Waals surface area contributed by atoms with Crippen LogP contribution in [0.4, 0.5) is 0 Å². The van der Waals surface area contributed by atoms with Crippen molar-refractivity contribution in [3.63, 3.8) is 0 Å². The first-order chi connectivity index (χ1) is 8.63. The average molecular weight is 290 g/mol. The minimum absolute atomic E-state index is 0.0151. The van der Waals surface area contributed by atoms with E-state index in [-0.39, 0.29) is 5.91 Å². The van der Waals surface area contributed by atoms with Gasteiger partial charge in [-0.25, -0.2) is 0 Å². The Labute approximate surface area is 116 Å². The maximum absolute atomic E-state index is 11.6. The monoisotopic (exact) mass is 290 g/mol. The summed E-state index contributed by atoms with van der Waals surface area (Å²) in [4.78, 5) is 15.6. The van der Waals surface area contributed by atoms with Crippen molar-refractivity contribution < 1.29 is 14.3 Å². The molecule has 0 aliphatic carbocycles. The summed E-state index contributed by atoms with van der Waals surface area (Å²) >= 11 is 6.46. The molecule has 1 aromatic rings. The number of rotatable bonds is 8. The van der Waals surface area contributed by atoms with E-state index in [1.807, 2.05) is 6.92 Å². The number of hydrogen-bond donors (Lipinski definition) is 2. The lowest BCUT2D eigenvalue weighted by atomic mass is 10.3. The van der Waals surface area contributed by atoms with Crippen LogP contribution in [0.25, 0.3) is 0 Å². The van der Waals surface area contributed by atoms with Crippen LogP contribution in [-0.2, 0) is 20.7 Å². The van der Waals surface area contributed by atoms with E-state index in [9.17, 15) is 4.79 Å². The number of nitrogens with one attached hydrogen (secondary N) is 2. The van der Waals surface area contributed by atoms with E-state index in [4.69, 9.17) is 21.7 Å². The number of methoxy groups -OCH3 is 1. The molecule has 1 rings (SSSR count). The highest BCUT2D eigenvalue weighted by Crippen LogP contribution is 2.14. The summed E-state index contributed by atoms with van der Waals surface area (Å²) in [6.45, 7) is 4.04. The van der Waals surface area contributed by atoms with Crippen molar-refractivity contribution in [3.8, 4) is 0 Å². The quantitative estimate of drug-likeness (QED) is 0.562. The molecule has 0 atom stereocenters. The van der Waals surface area contributed by atoms with Gasteiger partial charge in [0, 0.05) is 24.2 Å². The molecule has 0 fully saturated rings. The normalized spacial score (nSPS) is 10.6. The zero-order valence-electron chi connectivity index (χ0n) is 10.6. The molecule has 0 spiro atoms. The van der Waals surface area contributed by atoms with Crippen LogP contribution in [0.15, 0.2) is 0 Å². The lowest BCUT2D eigenvalue weighted by molar-refractivity contribution is -0.120. The zero-order valence-corrected chi connectivity index (χ0v) is 12.2. The smallest absolute Gasteiger partial charge is 0.225 e. The van der Waals surface area contributed by atoms with Gasteiger partial charge in [0.2, 0.25) is 5.91 Å². The molecule has 5 nitrogen and oxygen atoms in total. The highest BCUT2D eigenvalue weighted by Gasteiger charge is 2.07. The van der Waals surface area contributed by atoms with Crippen LogP contribution in [0.5, 0.6) is 0 Å². The Morgan fingerprint density at radius 3 is 2.83 bits per heavy atom. The van der Waals surface area contributed by atoms with Gasteiger partial charge in [-0.3, -0.25) is 4.79 Å². The Balaban J connectivity index is 2.18. The molecule has 18 heavy (non-hydrogen) atoms. The van der Waals surface area contributed by atoms with Gasteiger partial charge in [-0.1, -0.05) is 0 Å². The third kappa shape index (κ3) is 5.72. The molecule has 1 amide bonds. The van der Waals surface area contributed by atoms with Crippen LogP contribution in [0.3, 0.4) is 0 Å². The SMILES string of the molecule is COCCOCCNC(=O)Cc1sc(=S)[nH]c1C. The van der Waals surface area contributed by atoms with Crippen molar-refractivity contribution in [1.29, 1.82) is 0 Å². The van der Waals surface area contributed by atoms with Crippen molar-refractivity contribution in [1.82, 2.24) is 10.3 Å². The molecular formula is C11H18N2O3S2. The van der Waals surface area contributed by atoms with E-state index in [0.29, 0.717) is 36.7 Å². The van der Waals surface area contributed by atoms with Crippen LogP contribution in [-0.4, -0.2) is 44.4 Å². The second-order valence-corrected chi connectivity index (χ2v) is 5.47. The van der Waals surface area contributed by atoms with Crippen LogP contribution < -0.4 is 5.32 Å². The Kier molecular flexibility index (Phi) is 7.11. The third-order valence-electron chi connectivity index (χ3n) is 2.25. The Bertz CT molecular complexity index is 428. The van der Waals surface area contributed by atoms with E-state index < -0.39 is 0 Å². The fourth-order valence-electron chi connectivity index (χ4n) is 1.32. The van der Waals surface area contributed by atoms with E-state index in [1.54, 1.807) is 7.11 Å². The summed E-state index contributed by atoms with van der Waals surface area (Å²) in [6, 6.07) is 0. The van der Waals surface area contributed by atoms with E-state index in [2.05, 4.69) is 10.3 Å². The summed E-state index contributed by atoms with van der Waals surface area (Å²) in [5, 5.41) is 2.80. The number of aryl methyl sites for hydroxylation is 1. The van der Waals surface area contributed by atoms with Crippen molar-refractivity contribution in [2.24, 2.45) is 0 Å². The Hall–Kier alpha value is -0.760. The molecule has 0 aromatic carbocycles. The second kappa shape index (κ2) is 8.36. The minimum atomic E-state index is -0.0151. The van der Waals surface area contributed by atoms with Gasteiger partial charge in [0.1, 0.15) is 0 Å². The van der Waals surface area contributed by atoms with Crippen molar-refractivity contribution >= 4 is 29.5 Å². The van der Waals surface area contributed by atoms with Crippen LogP contribution in [0.1, 0.15) is 10.6 Å². The number of carbonyl (C=O) groups is 1. The Morgan fingerprint density at radius 1 is 1.44 bits per heavy atom. The molecular weight excluding hydrogens is 272 g/mol. The molecule has 0 saturated carbocycles. The minimum Gasteiger partial charge on any atom is -0.382 e. The van der Waals surface area contributed by atoms with E-state index in [1.165, 1.54) is 11.3 Å². The van der Waals surface area contributed by atoms with Gasteiger partial charge < -0.3 is 19.8 Å². The van der Waals surface area contributed by atoms with E-state index in [0.717, 1.165) is 10.6 Å². The third-order valence-corrected chi connectivity index (χ3v) is 3.58. The standard InChI is InChI=1S/C11H18N2O3S2/c1-8-9(18-11(17)13-8)7-10(14)12-3-4-16-6-5-15-2/h3-7H2,1-2H3,(H,12,14)(H,13,17). The number of aromatic nitrogens is 1. The number of amides is 1. The topological polar surface area (TPSA) is 63.4 Å². The molecule has 0 aliphatic heterocycles. The number of ether oxygens (including phenoxy) is 2. The number of aromatic amines is 1. The first-order valence-corrected chi connectivity index (χ1v) is 6.88. The molecule has 1 aromatic heterocycles. The second-order valence-electron chi connectivity index (χ2n) is 3.69. The highest BCUT2D eigenvalue weighted by molar-refractivity contribution is 7.73. The lowest BCUT2D eigenvalue weighted by Gasteiger charge is -2.05. The zero-order chi connectivity index (χ0) is 13.4. The van der Waals surface area contributed by atoms with Gasteiger partial charge in [-0.05, 0) is 19.1 Å². The van der Waals surface area contributed by atoms with Crippen LogP contribution >= 0.6 is 23.6 Å². The fourth-order valence-corrected chi connectivity index (χ4v) is 2.61. The number of hydrogen-bond acceptors (Lipinski definition) is 5. The first kappa shape index (κ1) is 15.3. The molecule has 7 heteroatoms. The number of thiazole rings is 1. The van der Waals surface area contributed by atoms with Crippen LogP contribution in [0, 0.1) is 10.9 Å². The van der Waals surface area contributed by atoms with Gasteiger partial charge in [-0.15, -0.1) is 11.3 Å². The van der Waals surface area contributed by atoms with Gasteiger partial charge in [-0.2, -0.15) is 0 Å². The van der Waals surface area contributed by atoms with Gasteiger partial charge in [0.15, 0.2) is 3.95 Å². The Morgan fingerprint density at radius 2 is 2.22 bits per heavy atom. The summed E-state index contributed by atoms with van der Waals surface area (Å²) in [7, 11) is 1.62. The molecule has 0 bridgehead atoms. The average Bonchev–Trinajstić information content (AvgIpc) is 2.62. The summed E-state index contributed by atoms with van der Waals surface area (Å²) < 4.78 is 10.8. The molecule has 0 unspecified atom stereocenters. The molecule has 0 saturated heterocycles. The largest absolute Gasteiger partial charge is 0.382 e. The van der Waals surface area contributed by atoms with Crippen molar-refractivity contribution in [3.05, 3.63) is 14.5 Å². The van der Waals surface area contributed by atoms with Crippen molar-refractivity contribution in [2.45, 2.75) is 13.3 Å². The molecule has 0 radical (unpaired) electrons. The van der Waals surface area contributed by atoms with Gasteiger partial charge >= 0.3 is 0 Å². The molecule has 2 N–H and O–H groups in total. The summed E-state index contributed by atoms with van der Waals surface area (Å²) in [6.07, 6.45) is 0.363.